The van der Waals surface area contributed by atoms with Crippen LogP contribution in [0.25, 0.3) is 0 Å². The topological polar surface area (TPSA) is 66.5 Å². The largest absolute Gasteiger partial charge is 0.353 e. The molecule has 2 rings (SSSR count). The number of hydrogen-bond donors (Lipinski definition) is 1. The van der Waals surface area contributed by atoms with Gasteiger partial charge in [0.1, 0.15) is 0 Å². The molecule has 0 aromatic heterocycles. The molecule has 1 N–H and O–H groups in total. The summed E-state index contributed by atoms with van der Waals surface area (Å²) < 4.78 is 26.7. The van der Waals surface area contributed by atoms with E-state index >= 15 is 0 Å². The van der Waals surface area contributed by atoms with Gasteiger partial charge in [0.25, 0.3) is 0 Å². The third-order valence-electron chi connectivity index (χ3n) is 4.65. The van der Waals surface area contributed by atoms with Gasteiger partial charge in [-0.15, -0.1) is 0 Å². The maximum atomic E-state index is 12.6. The van der Waals surface area contributed by atoms with E-state index in [0.717, 1.165) is 17.5 Å². The van der Waals surface area contributed by atoms with Gasteiger partial charge in [-0.3, -0.25) is 4.79 Å². The summed E-state index contributed by atoms with van der Waals surface area (Å²) in [6.45, 7) is 6.82. The fourth-order valence-electron chi connectivity index (χ4n) is 2.96. The van der Waals surface area contributed by atoms with Crippen LogP contribution in [0.2, 0.25) is 0 Å². The van der Waals surface area contributed by atoms with Crippen LogP contribution in [0.15, 0.2) is 24.3 Å². The molecule has 1 aromatic rings. The van der Waals surface area contributed by atoms with Crippen molar-refractivity contribution in [1.82, 2.24) is 9.62 Å². The van der Waals surface area contributed by atoms with Gasteiger partial charge in [0, 0.05) is 25.0 Å². The predicted octanol–water partition coefficient (Wildman–Crippen LogP) is 2.45. The minimum atomic E-state index is -3.33. The summed E-state index contributed by atoms with van der Waals surface area (Å²) in [5.41, 5.74) is 1.87. The van der Waals surface area contributed by atoms with E-state index in [4.69, 9.17) is 0 Å². The highest BCUT2D eigenvalue weighted by atomic mass is 32.2. The zero-order valence-corrected chi connectivity index (χ0v) is 15.6. The van der Waals surface area contributed by atoms with Crippen LogP contribution >= 0.6 is 0 Å². The van der Waals surface area contributed by atoms with Gasteiger partial charge < -0.3 is 5.32 Å². The Morgan fingerprint density at radius 1 is 1.33 bits per heavy atom. The van der Waals surface area contributed by atoms with Gasteiger partial charge in [0.05, 0.1) is 5.75 Å². The summed E-state index contributed by atoms with van der Waals surface area (Å²) in [7, 11) is -3.33. The lowest BCUT2D eigenvalue weighted by Gasteiger charge is -2.31. The number of nitrogens with one attached hydrogen (secondary N) is 1. The molecule has 1 aromatic carbocycles. The Morgan fingerprint density at radius 2 is 2.00 bits per heavy atom. The summed E-state index contributed by atoms with van der Waals surface area (Å²) >= 11 is 0. The molecule has 1 unspecified atom stereocenters. The molecule has 1 aliphatic heterocycles. The number of carbonyl (C=O) groups excluding carboxylic acids is 1. The number of hydrogen-bond acceptors (Lipinski definition) is 3. The molecule has 5 nitrogen and oxygen atoms in total. The van der Waals surface area contributed by atoms with E-state index in [-0.39, 0.29) is 23.6 Å². The third-order valence-corrected chi connectivity index (χ3v) is 6.50. The maximum absolute atomic E-state index is 12.6. The van der Waals surface area contributed by atoms with Crippen molar-refractivity contribution in [2.24, 2.45) is 5.92 Å². The first-order valence-electron chi connectivity index (χ1n) is 8.65. The van der Waals surface area contributed by atoms with E-state index in [2.05, 4.69) is 5.32 Å². The van der Waals surface area contributed by atoms with Crippen molar-refractivity contribution >= 4 is 15.9 Å². The Labute approximate surface area is 145 Å². The van der Waals surface area contributed by atoms with E-state index < -0.39 is 10.0 Å². The Bertz CT molecular complexity index is 665. The van der Waals surface area contributed by atoms with Gasteiger partial charge in [-0.05, 0) is 38.7 Å². The van der Waals surface area contributed by atoms with Crippen molar-refractivity contribution in [3.63, 3.8) is 0 Å². The first kappa shape index (κ1) is 18.9. The van der Waals surface area contributed by atoms with Crippen molar-refractivity contribution in [3.8, 4) is 0 Å². The summed E-state index contributed by atoms with van der Waals surface area (Å²) in [5, 5.41) is 2.99. The number of benzene rings is 1. The maximum Gasteiger partial charge on any atom is 0.223 e. The van der Waals surface area contributed by atoms with Crippen LogP contribution in [0.3, 0.4) is 0 Å². The Hall–Kier alpha value is -1.40. The number of nitrogens with zero attached hydrogens (tertiary/aromatic N) is 1. The van der Waals surface area contributed by atoms with Gasteiger partial charge in [-0.2, -0.15) is 0 Å². The molecule has 134 valence electrons. The Balaban J connectivity index is 1.92. The van der Waals surface area contributed by atoms with Crippen molar-refractivity contribution < 1.29 is 13.2 Å². The SMILES string of the molecule is CCC(C)NC(=O)C1CCN(S(=O)(=O)Cc2cccc(C)c2)CC1. The fraction of sp³-hybridized carbons (Fsp3) is 0.611. The van der Waals surface area contributed by atoms with Crippen LogP contribution < -0.4 is 5.32 Å². The molecule has 0 aliphatic carbocycles. The number of piperidine rings is 1. The van der Waals surface area contributed by atoms with Gasteiger partial charge in [-0.1, -0.05) is 36.8 Å². The molecule has 1 fully saturated rings. The summed E-state index contributed by atoms with van der Waals surface area (Å²) in [6.07, 6.45) is 2.08. The van der Waals surface area contributed by atoms with Crippen molar-refractivity contribution in [2.75, 3.05) is 13.1 Å². The van der Waals surface area contributed by atoms with E-state index in [1.54, 1.807) is 0 Å². The molecule has 24 heavy (non-hydrogen) atoms. The van der Waals surface area contributed by atoms with E-state index in [1.165, 1.54) is 4.31 Å². The average molecular weight is 353 g/mol. The minimum absolute atomic E-state index is 0.0262. The second-order valence-electron chi connectivity index (χ2n) is 6.74. The van der Waals surface area contributed by atoms with Gasteiger partial charge >= 0.3 is 0 Å². The molecule has 1 aliphatic rings. The molecule has 1 saturated heterocycles. The van der Waals surface area contributed by atoms with Crippen LogP contribution in [0.4, 0.5) is 0 Å². The average Bonchev–Trinajstić information content (AvgIpc) is 2.54. The second-order valence-corrected chi connectivity index (χ2v) is 8.71. The smallest absolute Gasteiger partial charge is 0.223 e. The molecular weight excluding hydrogens is 324 g/mol. The number of amides is 1. The summed E-state index contributed by atoms with van der Waals surface area (Å²) in [4.78, 5) is 12.2. The molecular formula is C18H28N2O3S. The third kappa shape index (κ3) is 5.05. The van der Waals surface area contributed by atoms with Crippen LogP contribution in [-0.4, -0.2) is 37.8 Å². The highest BCUT2D eigenvalue weighted by Crippen LogP contribution is 2.22. The highest BCUT2D eigenvalue weighted by molar-refractivity contribution is 7.88. The lowest BCUT2D eigenvalue weighted by atomic mass is 9.97. The molecule has 0 radical (unpaired) electrons. The minimum Gasteiger partial charge on any atom is -0.353 e. The standard InChI is InChI=1S/C18H28N2O3S/c1-4-15(3)19-18(21)17-8-10-20(11-9-17)24(22,23)13-16-7-5-6-14(2)12-16/h5-7,12,15,17H,4,8-11,13H2,1-3H3,(H,19,21). The quantitative estimate of drug-likeness (QED) is 0.855. The fourth-order valence-corrected chi connectivity index (χ4v) is 4.51. The molecule has 0 spiro atoms. The first-order valence-corrected chi connectivity index (χ1v) is 10.3. The monoisotopic (exact) mass is 352 g/mol. The number of rotatable bonds is 6. The Morgan fingerprint density at radius 3 is 2.58 bits per heavy atom. The van der Waals surface area contributed by atoms with Crippen molar-refractivity contribution in [2.45, 2.75) is 51.8 Å². The molecule has 0 saturated carbocycles. The molecule has 6 heteroatoms. The van der Waals surface area contributed by atoms with Gasteiger partial charge in [-0.25, -0.2) is 12.7 Å². The first-order chi connectivity index (χ1) is 11.3. The predicted molar refractivity (Wildman–Crippen MR) is 96.0 cm³/mol. The number of carbonyl (C=O) groups is 1. The van der Waals surface area contributed by atoms with Gasteiger partial charge in [0.15, 0.2) is 0 Å². The van der Waals surface area contributed by atoms with E-state index in [9.17, 15) is 13.2 Å². The van der Waals surface area contributed by atoms with Crippen LogP contribution in [0, 0.1) is 12.8 Å². The molecule has 1 atom stereocenters. The Kier molecular flexibility index (Phi) is 6.40. The number of aryl methyl sites for hydroxylation is 1. The van der Waals surface area contributed by atoms with E-state index in [0.29, 0.717) is 25.9 Å². The summed E-state index contributed by atoms with van der Waals surface area (Å²) in [6, 6.07) is 7.75. The zero-order chi connectivity index (χ0) is 17.7. The second kappa shape index (κ2) is 8.12. The highest BCUT2D eigenvalue weighted by Gasteiger charge is 2.31. The molecule has 1 heterocycles. The molecule has 0 bridgehead atoms. The van der Waals surface area contributed by atoms with Crippen LogP contribution in [-0.2, 0) is 20.6 Å². The van der Waals surface area contributed by atoms with E-state index in [1.807, 2.05) is 45.0 Å². The number of sulfonamides is 1. The molecule has 1 amide bonds. The lowest BCUT2D eigenvalue weighted by Crippen LogP contribution is -2.44. The van der Waals surface area contributed by atoms with Crippen LogP contribution in [0.5, 0.6) is 0 Å². The normalized spacial score (nSPS) is 18.3. The van der Waals surface area contributed by atoms with Crippen LogP contribution in [0.1, 0.15) is 44.2 Å². The zero-order valence-electron chi connectivity index (χ0n) is 14.8. The van der Waals surface area contributed by atoms with Gasteiger partial charge in [0.2, 0.25) is 15.9 Å². The summed E-state index contributed by atoms with van der Waals surface area (Å²) in [5.74, 6) is 0.00259. The van der Waals surface area contributed by atoms with Crippen molar-refractivity contribution in [1.29, 1.82) is 0 Å². The van der Waals surface area contributed by atoms with Crippen molar-refractivity contribution in [3.05, 3.63) is 35.4 Å². The lowest BCUT2D eigenvalue weighted by molar-refractivity contribution is -0.126.